The molecule has 146 valence electrons. The summed E-state index contributed by atoms with van der Waals surface area (Å²) in [5.74, 6) is -0.765. The van der Waals surface area contributed by atoms with Crippen molar-refractivity contribution in [3.05, 3.63) is 60.2 Å². The van der Waals surface area contributed by atoms with Crippen LogP contribution in [0.15, 0.2) is 53.1 Å². The van der Waals surface area contributed by atoms with Gasteiger partial charge < -0.3 is 14.5 Å². The van der Waals surface area contributed by atoms with E-state index in [0.717, 1.165) is 0 Å². The molecular weight excluding hydrogens is 365 g/mol. The summed E-state index contributed by atoms with van der Waals surface area (Å²) in [5.41, 5.74) is 0.619. The monoisotopic (exact) mass is 385 g/mol. The summed E-state index contributed by atoms with van der Waals surface area (Å²) in [4.78, 5) is 24.6. The average Bonchev–Trinajstić information content (AvgIpc) is 3.31. The van der Waals surface area contributed by atoms with E-state index in [1.54, 1.807) is 23.0 Å². The van der Waals surface area contributed by atoms with E-state index < -0.39 is 18.0 Å². The molecule has 3 aromatic rings. The number of hydrogen-bond donors (Lipinski definition) is 1. The van der Waals surface area contributed by atoms with Gasteiger partial charge >= 0.3 is 5.97 Å². The van der Waals surface area contributed by atoms with Crippen molar-refractivity contribution >= 4 is 17.7 Å². The minimum Gasteiger partial charge on any atom is -0.449 e. The molecule has 2 aromatic heterocycles. The van der Waals surface area contributed by atoms with Crippen LogP contribution >= 0.6 is 0 Å². The van der Waals surface area contributed by atoms with Gasteiger partial charge in [0, 0.05) is 17.7 Å². The number of furan rings is 1. The standard InChI is InChI=1S/C20H20FN3O4/c1-12(2)24-18(10-11-22-24)23-19(25)13(3)27-20(26)17-9-8-16(28-17)14-4-6-15(21)7-5-14/h4-13H,1-3H3,(H,23,25). The molecule has 1 N–H and O–H groups in total. The molecular formula is C20H20FN3O4. The predicted molar refractivity (Wildman–Crippen MR) is 100 cm³/mol. The molecule has 1 atom stereocenters. The lowest BCUT2D eigenvalue weighted by atomic mass is 10.2. The van der Waals surface area contributed by atoms with Gasteiger partial charge in [-0.25, -0.2) is 13.9 Å². The fraction of sp³-hybridized carbons (Fsp3) is 0.250. The zero-order chi connectivity index (χ0) is 20.3. The summed E-state index contributed by atoms with van der Waals surface area (Å²) in [6.45, 7) is 5.33. The Bertz CT molecular complexity index is 976. The molecule has 0 fully saturated rings. The first-order valence-electron chi connectivity index (χ1n) is 8.76. The zero-order valence-corrected chi connectivity index (χ0v) is 15.7. The highest BCUT2D eigenvalue weighted by molar-refractivity contribution is 5.96. The smallest absolute Gasteiger partial charge is 0.375 e. The largest absolute Gasteiger partial charge is 0.449 e. The molecule has 8 heteroatoms. The maximum Gasteiger partial charge on any atom is 0.375 e. The number of ether oxygens (including phenoxy) is 1. The van der Waals surface area contributed by atoms with Crippen molar-refractivity contribution in [2.45, 2.75) is 32.9 Å². The van der Waals surface area contributed by atoms with Gasteiger partial charge in [0.15, 0.2) is 6.10 Å². The highest BCUT2D eigenvalue weighted by atomic mass is 19.1. The molecule has 1 unspecified atom stereocenters. The van der Waals surface area contributed by atoms with Crippen LogP contribution in [0.3, 0.4) is 0 Å². The first kappa shape index (κ1) is 19.3. The van der Waals surface area contributed by atoms with Gasteiger partial charge in [0.1, 0.15) is 17.4 Å². The fourth-order valence-electron chi connectivity index (χ4n) is 2.54. The van der Waals surface area contributed by atoms with Gasteiger partial charge in [-0.15, -0.1) is 0 Å². The molecule has 0 aliphatic heterocycles. The van der Waals surface area contributed by atoms with E-state index >= 15 is 0 Å². The summed E-state index contributed by atoms with van der Waals surface area (Å²) in [7, 11) is 0. The van der Waals surface area contributed by atoms with Crippen molar-refractivity contribution < 1.29 is 23.1 Å². The molecule has 0 spiro atoms. The Morgan fingerprint density at radius 1 is 1.11 bits per heavy atom. The Morgan fingerprint density at radius 2 is 1.82 bits per heavy atom. The van der Waals surface area contributed by atoms with Crippen molar-refractivity contribution in [2.24, 2.45) is 0 Å². The molecule has 3 rings (SSSR count). The van der Waals surface area contributed by atoms with Crippen LogP contribution in [0.5, 0.6) is 0 Å². The summed E-state index contributed by atoms with van der Waals surface area (Å²) >= 11 is 0. The second kappa shape index (κ2) is 8.08. The first-order valence-corrected chi connectivity index (χ1v) is 8.76. The van der Waals surface area contributed by atoms with Gasteiger partial charge in [-0.05, 0) is 57.2 Å². The Morgan fingerprint density at radius 3 is 2.50 bits per heavy atom. The fourth-order valence-corrected chi connectivity index (χ4v) is 2.54. The molecule has 28 heavy (non-hydrogen) atoms. The molecule has 1 amide bonds. The molecule has 0 aliphatic rings. The highest BCUT2D eigenvalue weighted by Gasteiger charge is 2.22. The normalized spacial score (nSPS) is 12.0. The third kappa shape index (κ3) is 4.28. The van der Waals surface area contributed by atoms with Crippen LogP contribution in [-0.4, -0.2) is 27.8 Å². The van der Waals surface area contributed by atoms with Crippen molar-refractivity contribution in [1.82, 2.24) is 9.78 Å². The van der Waals surface area contributed by atoms with E-state index in [1.165, 1.54) is 37.3 Å². The van der Waals surface area contributed by atoms with E-state index in [9.17, 15) is 14.0 Å². The number of anilines is 1. The zero-order valence-electron chi connectivity index (χ0n) is 15.7. The second-order valence-electron chi connectivity index (χ2n) is 6.46. The third-order valence-corrected chi connectivity index (χ3v) is 4.00. The molecule has 1 aromatic carbocycles. The number of rotatable bonds is 6. The Kier molecular flexibility index (Phi) is 5.58. The van der Waals surface area contributed by atoms with E-state index in [2.05, 4.69) is 10.4 Å². The van der Waals surface area contributed by atoms with Gasteiger partial charge in [0.05, 0.1) is 6.20 Å². The molecule has 7 nitrogen and oxygen atoms in total. The Hall–Kier alpha value is -3.42. The maximum absolute atomic E-state index is 13.0. The van der Waals surface area contributed by atoms with E-state index in [-0.39, 0.29) is 17.6 Å². The van der Waals surface area contributed by atoms with Crippen LogP contribution < -0.4 is 5.32 Å². The van der Waals surface area contributed by atoms with E-state index in [4.69, 9.17) is 9.15 Å². The van der Waals surface area contributed by atoms with E-state index in [1.807, 2.05) is 13.8 Å². The topological polar surface area (TPSA) is 86.4 Å². The number of nitrogens with one attached hydrogen (secondary N) is 1. The Balaban J connectivity index is 1.63. The molecule has 0 saturated heterocycles. The average molecular weight is 385 g/mol. The first-order chi connectivity index (χ1) is 13.3. The van der Waals surface area contributed by atoms with Crippen LogP contribution in [0.4, 0.5) is 10.2 Å². The lowest BCUT2D eigenvalue weighted by Crippen LogP contribution is -2.31. The number of amides is 1. The summed E-state index contributed by atoms with van der Waals surface area (Å²) in [5, 5.41) is 6.81. The lowest BCUT2D eigenvalue weighted by Gasteiger charge is -2.15. The molecule has 2 heterocycles. The maximum atomic E-state index is 13.0. The minimum absolute atomic E-state index is 0.0498. The highest BCUT2D eigenvalue weighted by Crippen LogP contribution is 2.23. The number of aromatic nitrogens is 2. The Labute approximate surface area is 161 Å². The third-order valence-electron chi connectivity index (χ3n) is 4.00. The van der Waals surface area contributed by atoms with Crippen molar-refractivity contribution in [3.8, 4) is 11.3 Å². The number of halogens is 1. The van der Waals surface area contributed by atoms with Crippen molar-refractivity contribution in [1.29, 1.82) is 0 Å². The number of esters is 1. The van der Waals surface area contributed by atoms with Crippen molar-refractivity contribution in [2.75, 3.05) is 5.32 Å². The molecule has 0 aliphatic carbocycles. The van der Waals surface area contributed by atoms with Crippen LogP contribution in [0.25, 0.3) is 11.3 Å². The van der Waals surface area contributed by atoms with Crippen LogP contribution in [-0.2, 0) is 9.53 Å². The van der Waals surface area contributed by atoms with Gasteiger partial charge in [-0.2, -0.15) is 5.10 Å². The van der Waals surface area contributed by atoms with Crippen LogP contribution in [0, 0.1) is 5.82 Å². The number of carbonyl (C=O) groups is 2. The summed E-state index contributed by atoms with van der Waals surface area (Å²) in [6, 6.07) is 10.4. The van der Waals surface area contributed by atoms with Gasteiger partial charge in [0.25, 0.3) is 5.91 Å². The minimum atomic E-state index is -1.04. The predicted octanol–water partition coefficient (Wildman–Crippen LogP) is 4.05. The van der Waals surface area contributed by atoms with Gasteiger partial charge in [-0.1, -0.05) is 0 Å². The van der Waals surface area contributed by atoms with Crippen LogP contribution in [0.1, 0.15) is 37.4 Å². The SMILES string of the molecule is CC(OC(=O)c1ccc(-c2ccc(F)cc2)o1)C(=O)Nc1ccnn1C(C)C. The van der Waals surface area contributed by atoms with Crippen molar-refractivity contribution in [3.63, 3.8) is 0 Å². The molecule has 0 saturated carbocycles. The quantitative estimate of drug-likeness (QED) is 0.647. The van der Waals surface area contributed by atoms with E-state index in [0.29, 0.717) is 17.1 Å². The number of hydrogen-bond acceptors (Lipinski definition) is 5. The number of benzene rings is 1. The number of carbonyl (C=O) groups excluding carboxylic acids is 2. The second-order valence-corrected chi connectivity index (χ2v) is 6.46. The van der Waals surface area contributed by atoms with Gasteiger partial charge in [0.2, 0.25) is 5.76 Å². The van der Waals surface area contributed by atoms with Gasteiger partial charge in [-0.3, -0.25) is 4.79 Å². The number of nitrogens with zero attached hydrogens (tertiary/aromatic N) is 2. The molecule has 0 bridgehead atoms. The summed E-state index contributed by atoms with van der Waals surface area (Å²) < 4.78 is 25.3. The van der Waals surface area contributed by atoms with Crippen LogP contribution in [0.2, 0.25) is 0 Å². The lowest BCUT2D eigenvalue weighted by molar-refractivity contribution is -0.123. The molecule has 0 radical (unpaired) electrons. The summed E-state index contributed by atoms with van der Waals surface area (Å²) in [6.07, 6.45) is 0.536.